The molecule has 1 aromatic carbocycles. The second-order valence-corrected chi connectivity index (χ2v) is 6.31. The van der Waals surface area contributed by atoms with Gasteiger partial charge in [-0.3, -0.25) is 4.79 Å². The van der Waals surface area contributed by atoms with Gasteiger partial charge in [0.2, 0.25) is 0 Å². The number of esters is 1. The molecule has 1 atom stereocenters. The Hall–Kier alpha value is -1.36. The van der Waals surface area contributed by atoms with Gasteiger partial charge in [-0.25, -0.2) is 8.57 Å². The van der Waals surface area contributed by atoms with Crippen LogP contribution in [0, 0.1) is 0 Å². The number of hydrogen-bond donors (Lipinski definition) is 0. The SMILES string of the molecule is CCOC(=O)CCc1ccccc1S(C)(=O)=NC. The maximum atomic E-state index is 12.3. The van der Waals surface area contributed by atoms with Crippen LogP contribution < -0.4 is 0 Å². The highest BCUT2D eigenvalue weighted by molar-refractivity contribution is 7.93. The third-order valence-electron chi connectivity index (χ3n) is 2.63. The van der Waals surface area contributed by atoms with Crippen molar-refractivity contribution in [1.29, 1.82) is 0 Å². The summed E-state index contributed by atoms with van der Waals surface area (Å²) in [6.07, 6.45) is 2.43. The Morgan fingerprint density at radius 1 is 1.39 bits per heavy atom. The zero-order chi connectivity index (χ0) is 13.6. The van der Waals surface area contributed by atoms with Crippen LogP contribution in [-0.4, -0.2) is 30.1 Å². The van der Waals surface area contributed by atoms with Gasteiger partial charge in [0.15, 0.2) is 0 Å². The fraction of sp³-hybridized carbons (Fsp3) is 0.462. The Morgan fingerprint density at radius 3 is 2.67 bits per heavy atom. The van der Waals surface area contributed by atoms with E-state index < -0.39 is 9.73 Å². The lowest BCUT2D eigenvalue weighted by atomic mass is 10.1. The van der Waals surface area contributed by atoms with Crippen LogP contribution in [0.1, 0.15) is 18.9 Å². The predicted octanol–water partition coefficient (Wildman–Crippen LogP) is 2.27. The molecule has 0 saturated carbocycles. The van der Waals surface area contributed by atoms with Crippen molar-refractivity contribution in [2.45, 2.75) is 24.7 Å². The van der Waals surface area contributed by atoms with E-state index >= 15 is 0 Å². The van der Waals surface area contributed by atoms with Crippen molar-refractivity contribution in [3.8, 4) is 0 Å². The number of nitrogens with zero attached hydrogens (tertiary/aromatic N) is 1. The molecule has 0 aliphatic carbocycles. The van der Waals surface area contributed by atoms with Crippen molar-refractivity contribution in [1.82, 2.24) is 0 Å². The summed E-state index contributed by atoms with van der Waals surface area (Å²) in [5.74, 6) is -0.233. The number of carbonyl (C=O) groups excluding carboxylic acids is 1. The van der Waals surface area contributed by atoms with E-state index in [4.69, 9.17) is 4.74 Å². The molecule has 0 heterocycles. The molecule has 100 valence electrons. The van der Waals surface area contributed by atoms with Crippen LogP contribution in [0.5, 0.6) is 0 Å². The van der Waals surface area contributed by atoms with E-state index in [2.05, 4.69) is 4.36 Å². The molecule has 0 radical (unpaired) electrons. The molecule has 18 heavy (non-hydrogen) atoms. The standard InChI is InChI=1S/C13H19NO3S/c1-4-17-13(15)10-9-11-7-5-6-8-12(11)18(3,16)14-2/h5-8H,4,9-10H2,1-3H3. The summed E-state index contributed by atoms with van der Waals surface area (Å²) in [6.45, 7) is 2.16. The molecule has 1 unspecified atom stereocenters. The maximum absolute atomic E-state index is 12.3. The summed E-state index contributed by atoms with van der Waals surface area (Å²) < 4.78 is 21.1. The van der Waals surface area contributed by atoms with Crippen molar-refractivity contribution < 1.29 is 13.7 Å². The zero-order valence-corrected chi connectivity index (χ0v) is 11.8. The van der Waals surface area contributed by atoms with Crippen molar-refractivity contribution in [2.24, 2.45) is 4.36 Å². The van der Waals surface area contributed by atoms with Crippen LogP contribution in [0.2, 0.25) is 0 Å². The molecular formula is C13H19NO3S. The number of ether oxygens (including phenoxy) is 1. The normalized spacial score (nSPS) is 13.7. The summed E-state index contributed by atoms with van der Waals surface area (Å²) >= 11 is 0. The third kappa shape index (κ3) is 3.84. The molecule has 0 saturated heterocycles. The summed E-state index contributed by atoms with van der Waals surface area (Å²) in [5, 5.41) is 0. The van der Waals surface area contributed by atoms with E-state index in [1.54, 1.807) is 26.3 Å². The van der Waals surface area contributed by atoms with Gasteiger partial charge in [0, 0.05) is 19.7 Å². The summed E-state index contributed by atoms with van der Waals surface area (Å²) in [6, 6.07) is 7.38. The van der Waals surface area contributed by atoms with Crippen molar-refractivity contribution in [3.05, 3.63) is 29.8 Å². The second kappa shape index (κ2) is 6.54. The fourth-order valence-electron chi connectivity index (χ4n) is 1.65. The van der Waals surface area contributed by atoms with Crippen LogP contribution in [0.25, 0.3) is 0 Å². The lowest BCUT2D eigenvalue weighted by Crippen LogP contribution is -2.08. The fourth-order valence-corrected chi connectivity index (χ4v) is 2.83. The minimum absolute atomic E-state index is 0.233. The first-order valence-electron chi connectivity index (χ1n) is 5.85. The number of aryl methyl sites for hydroxylation is 1. The van der Waals surface area contributed by atoms with Crippen LogP contribution in [0.3, 0.4) is 0 Å². The summed E-state index contributed by atoms with van der Waals surface area (Å²) in [4.78, 5) is 12.0. The van der Waals surface area contributed by atoms with Gasteiger partial charge in [0.05, 0.1) is 21.2 Å². The largest absolute Gasteiger partial charge is 0.466 e. The number of hydrogen-bond acceptors (Lipinski definition) is 4. The van der Waals surface area contributed by atoms with E-state index in [-0.39, 0.29) is 5.97 Å². The monoisotopic (exact) mass is 269 g/mol. The first kappa shape index (κ1) is 14.7. The van der Waals surface area contributed by atoms with E-state index in [0.717, 1.165) is 5.56 Å². The molecule has 1 aromatic rings. The van der Waals surface area contributed by atoms with Crippen molar-refractivity contribution in [2.75, 3.05) is 19.9 Å². The van der Waals surface area contributed by atoms with E-state index in [1.807, 2.05) is 18.2 Å². The highest BCUT2D eigenvalue weighted by atomic mass is 32.2. The molecule has 0 spiro atoms. The molecule has 5 heteroatoms. The van der Waals surface area contributed by atoms with Crippen molar-refractivity contribution >= 4 is 15.7 Å². The third-order valence-corrected chi connectivity index (χ3v) is 4.54. The van der Waals surface area contributed by atoms with Crippen LogP contribution in [-0.2, 0) is 25.7 Å². The van der Waals surface area contributed by atoms with E-state index in [1.165, 1.54) is 0 Å². The first-order valence-corrected chi connectivity index (χ1v) is 7.77. The predicted molar refractivity (Wildman–Crippen MR) is 72.1 cm³/mol. The molecule has 0 bridgehead atoms. The average Bonchev–Trinajstić information content (AvgIpc) is 2.37. The highest BCUT2D eigenvalue weighted by Gasteiger charge is 2.12. The number of carbonyl (C=O) groups is 1. The van der Waals surface area contributed by atoms with Gasteiger partial charge in [-0.2, -0.15) is 0 Å². The van der Waals surface area contributed by atoms with Gasteiger partial charge in [-0.1, -0.05) is 18.2 Å². The molecule has 0 aliphatic rings. The summed E-state index contributed by atoms with van der Waals surface area (Å²) in [5.41, 5.74) is 0.892. The number of rotatable bonds is 5. The molecule has 4 nitrogen and oxygen atoms in total. The van der Waals surface area contributed by atoms with Gasteiger partial charge < -0.3 is 4.74 Å². The first-order chi connectivity index (χ1) is 8.51. The van der Waals surface area contributed by atoms with Gasteiger partial charge >= 0.3 is 5.97 Å². The second-order valence-electron chi connectivity index (χ2n) is 3.90. The Balaban J connectivity index is 2.91. The van der Waals surface area contributed by atoms with E-state index in [9.17, 15) is 9.00 Å². The van der Waals surface area contributed by atoms with Gasteiger partial charge in [-0.15, -0.1) is 0 Å². The number of benzene rings is 1. The lowest BCUT2D eigenvalue weighted by Gasteiger charge is -2.10. The molecule has 0 aliphatic heterocycles. The summed E-state index contributed by atoms with van der Waals surface area (Å²) in [7, 11) is -0.820. The van der Waals surface area contributed by atoms with Gasteiger partial charge in [0.25, 0.3) is 0 Å². The van der Waals surface area contributed by atoms with Gasteiger partial charge in [0.1, 0.15) is 0 Å². The maximum Gasteiger partial charge on any atom is 0.306 e. The molecule has 0 N–H and O–H groups in total. The van der Waals surface area contributed by atoms with Crippen LogP contribution in [0.4, 0.5) is 0 Å². The Labute approximate surface area is 109 Å². The molecule has 0 amide bonds. The molecule has 0 fully saturated rings. The zero-order valence-electron chi connectivity index (χ0n) is 11.0. The average molecular weight is 269 g/mol. The smallest absolute Gasteiger partial charge is 0.306 e. The van der Waals surface area contributed by atoms with Crippen LogP contribution >= 0.6 is 0 Å². The lowest BCUT2D eigenvalue weighted by molar-refractivity contribution is -0.143. The van der Waals surface area contributed by atoms with Gasteiger partial charge in [-0.05, 0) is 25.0 Å². The molecule has 0 aromatic heterocycles. The Morgan fingerprint density at radius 2 is 2.06 bits per heavy atom. The minimum Gasteiger partial charge on any atom is -0.466 e. The topological polar surface area (TPSA) is 55.7 Å². The Bertz CT molecular complexity index is 531. The van der Waals surface area contributed by atoms with Crippen molar-refractivity contribution in [3.63, 3.8) is 0 Å². The molecular weight excluding hydrogens is 250 g/mol. The Kier molecular flexibility index (Phi) is 5.34. The minimum atomic E-state index is -2.37. The van der Waals surface area contributed by atoms with Crippen LogP contribution in [0.15, 0.2) is 33.5 Å². The van der Waals surface area contributed by atoms with E-state index in [0.29, 0.717) is 24.3 Å². The highest BCUT2D eigenvalue weighted by Crippen LogP contribution is 2.18. The molecule has 1 rings (SSSR count). The quantitative estimate of drug-likeness (QED) is 0.770.